The van der Waals surface area contributed by atoms with E-state index in [9.17, 15) is 4.79 Å². The van der Waals surface area contributed by atoms with Gasteiger partial charge in [-0.05, 0) is 62.4 Å². The third kappa shape index (κ3) is 4.69. The first-order valence-electron chi connectivity index (χ1n) is 10.7. The number of piperidine rings is 1. The number of amides is 1. The van der Waals surface area contributed by atoms with Crippen LogP contribution in [0.3, 0.4) is 0 Å². The third-order valence-corrected chi connectivity index (χ3v) is 6.37. The number of benzene rings is 1. The summed E-state index contributed by atoms with van der Waals surface area (Å²) >= 11 is 0. The fourth-order valence-corrected chi connectivity index (χ4v) is 4.38. The molecule has 0 bridgehead atoms. The van der Waals surface area contributed by atoms with Gasteiger partial charge in [-0.1, -0.05) is 32.4 Å². The van der Waals surface area contributed by atoms with Crippen molar-refractivity contribution in [3.8, 4) is 5.75 Å². The highest BCUT2D eigenvalue weighted by molar-refractivity contribution is 5.89. The van der Waals surface area contributed by atoms with Gasteiger partial charge in [0.1, 0.15) is 5.75 Å². The molecule has 1 aliphatic carbocycles. The molecule has 3 rings (SSSR count). The number of rotatable bonds is 9. The van der Waals surface area contributed by atoms with Crippen molar-refractivity contribution in [2.24, 2.45) is 11.3 Å². The van der Waals surface area contributed by atoms with Gasteiger partial charge < -0.3 is 20.1 Å². The first kappa shape index (κ1) is 21.1. The van der Waals surface area contributed by atoms with Gasteiger partial charge >= 0.3 is 0 Å². The predicted molar refractivity (Wildman–Crippen MR) is 112 cm³/mol. The van der Waals surface area contributed by atoms with Crippen molar-refractivity contribution >= 4 is 5.91 Å². The van der Waals surface area contributed by atoms with E-state index in [4.69, 9.17) is 9.47 Å². The smallest absolute Gasteiger partial charge is 0.230 e. The Balaban J connectivity index is 1.65. The summed E-state index contributed by atoms with van der Waals surface area (Å²) in [7, 11) is 1.75. The molecule has 0 spiro atoms. The number of methoxy groups -OCH3 is 1. The molecular weight excluding hydrogens is 352 g/mol. The molecule has 5 nitrogen and oxygen atoms in total. The summed E-state index contributed by atoms with van der Waals surface area (Å²) in [5, 5.41) is 6.70. The number of carbonyl (C=O) groups is 1. The first-order chi connectivity index (χ1) is 13.5. The standard InChI is InChI=1S/C23H36N2O3/c1-18(2)15-28-20-7-5-19(6-8-20)23(9-4-10-23)21(26)25-16-22(17-27-3)11-13-24-14-12-22/h5-8,18,24H,4,9-17H2,1-3H3,(H,25,26). The van der Waals surface area contributed by atoms with E-state index in [0.717, 1.165) is 56.5 Å². The maximum absolute atomic E-state index is 13.2. The summed E-state index contributed by atoms with van der Waals surface area (Å²) in [5.74, 6) is 1.54. The van der Waals surface area contributed by atoms with Gasteiger partial charge in [0.25, 0.3) is 0 Å². The van der Waals surface area contributed by atoms with Crippen molar-refractivity contribution in [3.63, 3.8) is 0 Å². The van der Waals surface area contributed by atoms with E-state index in [1.165, 1.54) is 0 Å². The lowest BCUT2D eigenvalue weighted by molar-refractivity contribution is -0.130. The minimum absolute atomic E-state index is 0.0507. The second-order valence-electron chi connectivity index (χ2n) is 9.03. The van der Waals surface area contributed by atoms with Crippen LogP contribution < -0.4 is 15.4 Å². The first-order valence-corrected chi connectivity index (χ1v) is 10.7. The largest absolute Gasteiger partial charge is 0.493 e. The Labute approximate surface area is 169 Å². The van der Waals surface area contributed by atoms with Crippen molar-refractivity contribution in [3.05, 3.63) is 29.8 Å². The molecule has 2 aliphatic rings. The SMILES string of the molecule is COCC1(CNC(=O)C2(c3ccc(OCC(C)C)cc3)CCC2)CCNCC1. The third-order valence-electron chi connectivity index (χ3n) is 6.37. The molecule has 0 unspecified atom stereocenters. The minimum Gasteiger partial charge on any atom is -0.493 e. The Morgan fingerprint density at radius 3 is 2.36 bits per heavy atom. The number of hydrogen-bond acceptors (Lipinski definition) is 4. The molecule has 2 N–H and O–H groups in total. The predicted octanol–water partition coefficient (Wildman–Crippen LogP) is 3.28. The van der Waals surface area contributed by atoms with E-state index >= 15 is 0 Å². The van der Waals surface area contributed by atoms with Crippen LogP contribution in [0.15, 0.2) is 24.3 Å². The molecule has 0 aromatic heterocycles. The van der Waals surface area contributed by atoms with Crippen molar-refractivity contribution in [2.45, 2.75) is 51.4 Å². The molecule has 1 amide bonds. The van der Waals surface area contributed by atoms with E-state index in [1.54, 1.807) is 7.11 Å². The van der Waals surface area contributed by atoms with Gasteiger partial charge in [-0.15, -0.1) is 0 Å². The van der Waals surface area contributed by atoms with Crippen LogP contribution in [0.1, 0.15) is 51.5 Å². The van der Waals surface area contributed by atoms with Gasteiger partial charge in [0, 0.05) is 19.1 Å². The van der Waals surface area contributed by atoms with Crippen LogP contribution in [0.4, 0.5) is 0 Å². The highest BCUT2D eigenvalue weighted by atomic mass is 16.5. The fraction of sp³-hybridized carbons (Fsp3) is 0.696. The summed E-state index contributed by atoms with van der Waals surface area (Å²) in [6, 6.07) is 8.16. The van der Waals surface area contributed by atoms with E-state index in [2.05, 4.69) is 36.6 Å². The van der Waals surface area contributed by atoms with Gasteiger partial charge in [-0.3, -0.25) is 4.79 Å². The Hall–Kier alpha value is -1.59. The second kappa shape index (κ2) is 9.27. The lowest BCUT2D eigenvalue weighted by Gasteiger charge is -2.43. The Kier molecular flexibility index (Phi) is 7.00. The molecule has 1 heterocycles. The number of ether oxygens (including phenoxy) is 2. The molecule has 156 valence electrons. The highest BCUT2D eigenvalue weighted by Gasteiger charge is 2.46. The zero-order valence-corrected chi connectivity index (χ0v) is 17.7. The lowest BCUT2D eigenvalue weighted by Crippen LogP contribution is -2.53. The van der Waals surface area contributed by atoms with E-state index < -0.39 is 0 Å². The maximum Gasteiger partial charge on any atom is 0.230 e. The van der Waals surface area contributed by atoms with Crippen LogP contribution in [0.25, 0.3) is 0 Å². The second-order valence-corrected chi connectivity index (χ2v) is 9.03. The van der Waals surface area contributed by atoms with E-state index in [1.807, 2.05) is 12.1 Å². The van der Waals surface area contributed by atoms with Crippen LogP contribution in [0, 0.1) is 11.3 Å². The van der Waals surface area contributed by atoms with E-state index in [0.29, 0.717) is 25.7 Å². The number of nitrogens with one attached hydrogen (secondary N) is 2. The average molecular weight is 389 g/mol. The van der Waals surface area contributed by atoms with Gasteiger partial charge in [0.2, 0.25) is 5.91 Å². The molecular formula is C23H36N2O3. The topological polar surface area (TPSA) is 59.6 Å². The molecule has 1 saturated heterocycles. The summed E-state index contributed by atoms with van der Waals surface area (Å²) < 4.78 is 11.3. The fourth-order valence-electron chi connectivity index (χ4n) is 4.38. The van der Waals surface area contributed by atoms with Crippen LogP contribution in [-0.4, -0.2) is 45.9 Å². The molecule has 2 fully saturated rings. The zero-order valence-electron chi connectivity index (χ0n) is 17.7. The number of carbonyl (C=O) groups excluding carboxylic acids is 1. The molecule has 0 atom stereocenters. The number of hydrogen-bond donors (Lipinski definition) is 2. The molecule has 5 heteroatoms. The summed E-state index contributed by atoms with van der Waals surface area (Å²) in [6.45, 7) is 8.36. The highest BCUT2D eigenvalue weighted by Crippen LogP contribution is 2.44. The molecule has 1 aromatic rings. The molecule has 0 radical (unpaired) electrons. The van der Waals surface area contributed by atoms with Gasteiger partial charge in [0.15, 0.2) is 0 Å². The molecule has 1 aliphatic heterocycles. The van der Waals surface area contributed by atoms with Crippen molar-refractivity contribution in [1.29, 1.82) is 0 Å². The average Bonchev–Trinajstić information content (AvgIpc) is 2.66. The van der Waals surface area contributed by atoms with Crippen LogP contribution in [0.2, 0.25) is 0 Å². The maximum atomic E-state index is 13.2. The molecule has 1 saturated carbocycles. The Morgan fingerprint density at radius 2 is 1.82 bits per heavy atom. The lowest BCUT2D eigenvalue weighted by atomic mass is 9.63. The Morgan fingerprint density at radius 1 is 1.14 bits per heavy atom. The van der Waals surface area contributed by atoms with Gasteiger partial charge in [-0.25, -0.2) is 0 Å². The monoisotopic (exact) mass is 388 g/mol. The van der Waals surface area contributed by atoms with Crippen molar-refractivity contribution < 1.29 is 14.3 Å². The summed E-state index contributed by atoms with van der Waals surface area (Å²) in [5.41, 5.74) is 0.784. The minimum atomic E-state index is -0.377. The van der Waals surface area contributed by atoms with Crippen LogP contribution in [0.5, 0.6) is 5.75 Å². The van der Waals surface area contributed by atoms with Crippen molar-refractivity contribution in [2.75, 3.05) is 40.0 Å². The van der Waals surface area contributed by atoms with Gasteiger partial charge in [0.05, 0.1) is 18.6 Å². The zero-order chi connectivity index (χ0) is 20.0. The van der Waals surface area contributed by atoms with Crippen molar-refractivity contribution in [1.82, 2.24) is 10.6 Å². The van der Waals surface area contributed by atoms with Crippen LogP contribution >= 0.6 is 0 Å². The Bertz CT molecular complexity index is 626. The molecule has 28 heavy (non-hydrogen) atoms. The molecule has 1 aromatic carbocycles. The van der Waals surface area contributed by atoms with Crippen LogP contribution in [-0.2, 0) is 14.9 Å². The quantitative estimate of drug-likeness (QED) is 0.682. The van der Waals surface area contributed by atoms with Gasteiger partial charge in [-0.2, -0.15) is 0 Å². The summed E-state index contributed by atoms with van der Waals surface area (Å²) in [4.78, 5) is 13.2. The van der Waals surface area contributed by atoms with E-state index in [-0.39, 0.29) is 16.7 Å². The summed E-state index contributed by atoms with van der Waals surface area (Å²) in [6.07, 6.45) is 5.02. The normalized spacial score (nSPS) is 20.4.